The van der Waals surface area contributed by atoms with Crippen LogP contribution in [-0.4, -0.2) is 47.0 Å². The van der Waals surface area contributed by atoms with Gasteiger partial charge in [-0.15, -0.1) is 5.10 Å². The molecule has 0 bridgehead atoms. The van der Waals surface area contributed by atoms with Gasteiger partial charge in [0.15, 0.2) is 0 Å². The van der Waals surface area contributed by atoms with Crippen molar-refractivity contribution in [3.05, 3.63) is 5.69 Å². The van der Waals surface area contributed by atoms with Gasteiger partial charge in [0.2, 0.25) is 5.69 Å². The quantitative estimate of drug-likeness (QED) is 0.752. The second-order valence-corrected chi connectivity index (χ2v) is 3.56. The van der Waals surface area contributed by atoms with E-state index in [1.165, 1.54) is 0 Å². The summed E-state index contributed by atoms with van der Waals surface area (Å²) < 4.78 is 8.82. The average Bonchev–Trinajstić information content (AvgIpc) is 2.67. The summed E-state index contributed by atoms with van der Waals surface area (Å²) in [7, 11) is 0. The molecule has 0 aromatic carbocycles. The number of aromatic nitrogens is 2. The Kier molecular flexibility index (Phi) is 2.60. The van der Waals surface area contributed by atoms with Crippen LogP contribution < -0.4 is 4.90 Å². The molecule has 7 heteroatoms. The summed E-state index contributed by atoms with van der Waals surface area (Å²) >= 11 is 1.11. The lowest BCUT2D eigenvalue weighted by molar-refractivity contribution is 0.0690. The van der Waals surface area contributed by atoms with Crippen molar-refractivity contribution in [2.75, 3.05) is 31.2 Å². The lowest BCUT2D eigenvalue weighted by Crippen LogP contribution is -2.36. The topological polar surface area (TPSA) is 75.5 Å². The maximum absolute atomic E-state index is 10.8. The Morgan fingerprint density at radius 1 is 1.50 bits per heavy atom. The van der Waals surface area contributed by atoms with Crippen molar-refractivity contribution in [1.29, 1.82) is 0 Å². The fourth-order valence-electron chi connectivity index (χ4n) is 1.29. The molecule has 1 N–H and O–H groups in total. The van der Waals surface area contributed by atoms with Gasteiger partial charge in [-0.3, -0.25) is 0 Å². The number of nitrogens with zero attached hydrogens (tertiary/aromatic N) is 3. The Morgan fingerprint density at radius 3 is 2.86 bits per heavy atom. The molecule has 1 aromatic heterocycles. The number of morpholine rings is 1. The largest absolute Gasteiger partial charge is 0.476 e. The third kappa shape index (κ3) is 1.68. The van der Waals surface area contributed by atoms with Crippen molar-refractivity contribution in [1.82, 2.24) is 9.59 Å². The lowest BCUT2D eigenvalue weighted by Gasteiger charge is -2.26. The van der Waals surface area contributed by atoms with E-state index in [0.717, 1.165) is 11.5 Å². The second kappa shape index (κ2) is 3.89. The smallest absolute Gasteiger partial charge is 0.359 e. The van der Waals surface area contributed by atoms with Gasteiger partial charge in [-0.2, -0.15) is 0 Å². The van der Waals surface area contributed by atoms with Gasteiger partial charge in [0.25, 0.3) is 0 Å². The molecule has 0 saturated carbocycles. The minimum atomic E-state index is -1.03. The highest BCUT2D eigenvalue weighted by atomic mass is 32.1. The summed E-state index contributed by atoms with van der Waals surface area (Å²) in [6.45, 7) is 2.64. The summed E-state index contributed by atoms with van der Waals surface area (Å²) in [4.78, 5) is 12.7. The number of hydrogen-bond donors (Lipinski definition) is 1. The third-order valence-corrected chi connectivity index (χ3v) is 2.76. The zero-order valence-electron chi connectivity index (χ0n) is 7.34. The Bertz CT molecular complexity index is 335. The first-order valence-electron chi connectivity index (χ1n) is 4.17. The number of aromatic carboxylic acids is 1. The molecule has 1 aromatic rings. The van der Waals surface area contributed by atoms with E-state index < -0.39 is 5.97 Å². The molecule has 1 fully saturated rings. The van der Waals surface area contributed by atoms with Crippen LogP contribution >= 0.6 is 11.5 Å². The number of carboxylic acid groups (broad SMARTS) is 1. The molecule has 0 spiro atoms. The van der Waals surface area contributed by atoms with E-state index in [2.05, 4.69) is 9.59 Å². The van der Waals surface area contributed by atoms with Gasteiger partial charge in [-0.25, -0.2) is 4.79 Å². The Labute approximate surface area is 84.3 Å². The fourth-order valence-corrected chi connectivity index (χ4v) is 2.01. The standard InChI is InChI=1S/C7H9N3O3S/c11-7(12)5-6(14-9-8-5)10-1-3-13-4-2-10/h1-4H2,(H,11,12). The van der Waals surface area contributed by atoms with E-state index in [4.69, 9.17) is 9.84 Å². The highest BCUT2D eigenvalue weighted by molar-refractivity contribution is 7.10. The van der Waals surface area contributed by atoms with E-state index in [-0.39, 0.29) is 5.69 Å². The summed E-state index contributed by atoms with van der Waals surface area (Å²) in [6, 6.07) is 0. The van der Waals surface area contributed by atoms with Crippen molar-refractivity contribution in [2.24, 2.45) is 0 Å². The van der Waals surface area contributed by atoms with E-state index in [0.29, 0.717) is 31.3 Å². The van der Waals surface area contributed by atoms with Crippen LogP contribution in [0.15, 0.2) is 0 Å². The molecule has 6 nitrogen and oxygen atoms in total. The van der Waals surface area contributed by atoms with Gasteiger partial charge in [-0.05, 0) is 0 Å². The van der Waals surface area contributed by atoms with Gasteiger partial charge in [0.05, 0.1) is 13.2 Å². The molecule has 0 amide bonds. The molecule has 0 unspecified atom stereocenters. The van der Waals surface area contributed by atoms with Crippen LogP contribution in [0.4, 0.5) is 5.00 Å². The predicted molar refractivity (Wildman–Crippen MR) is 49.9 cm³/mol. The van der Waals surface area contributed by atoms with Crippen molar-refractivity contribution < 1.29 is 14.6 Å². The van der Waals surface area contributed by atoms with Gasteiger partial charge in [0.1, 0.15) is 5.00 Å². The van der Waals surface area contributed by atoms with Crippen molar-refractivity contribution in [3.63, 3.8) is 0 Å². The number of carboxylic acids is 1. The van der Waals surface area contributed by atoms with E-state index in [9.17, 15) is 4.79 Å². The Hall–Kier alpha value is -1.21. The molecule has 0 radical (unpaired) electrons. The van der Waals surface area contributed by atoms with Gasteiger partial charge >= 0.3 is 5.97 Å². The lowest BCUT2D eigenvalue weighted by atomic mass is 10.4. The number of hydrogen-bond acceptors (Lipinski definition) is 6. The normalized spacial score (nSPS) is 17.0. The summed E-state index contributed by atoms with van der Waals surface area (Å²) in [5.41, 5.74) is 0.0388. The molecular formula is C7H9N3O3S. The molecule has 2 rings (SSSR count). The number of rotatable bonds is 2. The van der Waals surface area contributed by atoms with Crippen LogP contribution in [0.25, 0.3) is 0 Å². The molecule has 0 atom stereocenters. The zero-order valence-corrected chi connectivity index (χ0v) is 8.16. The van der Waals surface area contributed by atoms with Crippen LogP contribution in [0.3, 0.4) is 0 Å². The van der Waals surface area contributed by atoms with Crippen LogP contribution in [0.5, 0.6) is 0 Å². The second-order valence-electron chi connectivity index (χ2n) is 2.83. The van der Waals surface area contributed by atoms with Crippen LogP contribution in [0.2, 0.25) is 0 Å². The van der Waals surface area contributed by atoms with Crippen LogP contribution in [-0.2, 0) is 4.74 Å². The maximum atomic E-state index is 10.8. The maximum Gasteiger partial charge on any atom is 0.359 e. The van der Waals surface area contributed by atoms with E-state index >= 15 is 0 Å². The van der Waals surface area contributed by atoms with Crippen molar-refractivity contribution in [3.8, 4) is 0 Å². The Balaban J connectivity index is 2.21. The fraction of sp³-hybridized carbons (Fsp3) is 0.571. The Morgan fingerprint density at radius 2 is 2.21 bits per heavy atom. The first-order chi connectivity index (χ1) is 6.79. The molecule has 1 aliphatic rings. The van der Waals surface area contributed by atoms with Crippen LogP contribution in [0, 0.1) is 0 Å². The predicted octanol–water partition coefficient (Wildman–Crippen LogP) is 0.0729. The minimum Gasteiger partial charge on any atom is -0.476 e. The monoisotopic (exact) mass is 215 g/mol. The van der Waals surface area contributed by atoms with Crippen molar-refractivity contribution in [2.45, 2.75) is 0 Å². The SMILES string of the molecule is O=C(O)c1nnsc1N1CCOCC1. The molecule has 1 saturated heterocycles. The van der Waals surface area contributed by atoms with E-state index in [1.54, 1.807) is 0 Å². The highest BCUT2D eigenvalue weighted by Gasteiger charge is 2.22. The molecule has 14 heavy (non-hydrogen) atoms. The summed E-state index contributed by atoms with van der Waals surface area (Å²) in [5, 5.41) is 13.0. The van der Waals surface area contributed by atoms with E-state index in [1.807, 2.05) is 4.90 Å². The number of anilines is 1. The van der Waals surface area contributed by atoms with Gasteiger partial charge in [-0.1, -0.05) is 4.49 Å². The average molecular weight is 215 g/mol. The third-order valence-electron chi connectivity index (χ3n) is 1.97. The molecule has 1 aliphatic heterocycles. The van der Waals surface area contributed by atoms with Gasteiger partial charge < -0.3 is 14.7 Å². The molecule has 76 valence electrons. The molecule has 2 heterocycles. The molecule has 0 aliphatic carbocycles. The zero-order chi connectivity index (χ0) is 9.97. The summed E-state index contributed by atoms with van der Waals surface area (Å²) in [5.74, 6) is -1.03. The van der Waals surface area contributed by atoms with Crippen molar-refractivity contribution >= 4 is 22.5 Å². The van der Waals surface area contributed by atoms with Crippen LogP contribution in [0.1, 0.15) is 10.5 Å². The molecular weight excluding hydrogens is 206 g/mol. The first kappa shape index (κ1) is 9.35. The summed E-state index contributed by atoms with van der Waals surface area (Å²) in [6.07, 6.45) is 0. The minimum absolute atomic E-state index is 0.0388. The first-order valence-corrected chi connectivity index (χ1v) is 4.94. The highest BCUT2D eigenvalue weighted by Crippen LogP contribution is 2.23. The number of ether oxygens (including phenoxy) is 1. The number of carbonyl (C=O) groups is 1. The van der Waals surface area contributed by atoms with Gasteiger partial charge in [0, 0.05) is 24.6 Å².